The van der Waals surface area contributed by atoms with Crippen LogP contribution in [0.25, 0.3) is 0 Å². The lowest BCUT2D eigenvalue weighted by Crippen LogP contribution is -2.50. The second kappa shape index (κ2) is 7.92. The maximum Gasteiger partial charge on any atom is 0.397 e. The predicted molar refractivity (Wildman–Crippen MR) is 81.4 cm³/mol. The van der Waals surface area contributed by atoms with Gasteiger partial charge in [-0.05, 0) is 12.1 Å². The maximum atomic E-state index is 12.2. The molecule has 128 valence electrons. The van der Waals surface area contributed by atoms with Gasteiger partial charge in [-0.25, -0.2) is 0 Å². The highest BCUT2D eigenvalue weighted by atomic mass is 32.2. The van der Waals surface area contributed by atoms with Crippen LogP contribution < -0.4 is 0 Å². The van der Waals surface area contributed by atoms with Crippen LogP contribution in [0.4, 0.5) is 13.2 Å². The topological polar surface area (TPSA) is 40.6 Å². The van der Waals surface area contributed by atoms with Gasteiger partial charge in [0, 0.05) is 43.4 Å². The standard InChI is InChI=1S/C15H19F3N2O2S/c16-15(17,18)12-14(21)20-8-6-19(7-9-20)10-11-23(22)13-4-2-1-3-5-13/h1-5H,6-12H2/t23-/m1/s1. The fraction of sp³-hybridized carbons (Fsp3) is 0.533. The van der Waals surface area contributed by atoms with Crippen LogP contribution in [0, 0.1) is 0 Å². The van der Waals surface area contributed by atoms with E-state index in [4.69, 9.17) is 0 Å². The minimum Gasteiger partial charge on any atom is -0.340 e. The van der Waals surface area contributed by atoms with E-state index in [-0.39, 0.29) is 13.1 Å². The van der Waals surface area contributed by atoms with Crippen molar-refractivity contribution in [2.45, 2.75) is 17.5 Å². The van der Waals surface area contributed by atoms with Crippen LogP contribution in [0.5, 0.6) is 0 Å². The Morgan fingerprint density at radius 3 is 2.26 bits per heavy atom. The molecule has 0 bridgehead atoms. The Balaban J connectivity index is 1.73. The van der Waals surface area contributed by atoms with Crippen LogP contribution in [0.3, 0.4) is 0 Å². The van der Waals surface area contributed by atoms with Crippen LogP contribution in [-0.4, -0.2) is 64.6 Å². The van der Waals surface area contributed by atoms with E-state index >= 15 is 0 Å². The van der Waals surface area contributed by atoms with E-state index in [1.807, 2.05) is 35.2 Å². The lowest BCUT2D eigenvalue weighted by molar-refractivity contribution is -0.162. The first-order valence-corrected chi connectivity index (χ1v) is 8.67. The van der Waals surface area contributed by atoms with Gasteiger partial charge < -0.3 is 4.90 Å². The average molecular weight is 348 g/mol. The number of carbonyl (C=O) groups is 1. The third-order valence-corrected chi connectivity index (χ3v) is 5.03. The molecule has 4 nitrogen and oxygen atoms in total. The predicted octanol–water partition coefficient (Wildman–Crippen LogP) is 1.89. The SMILES string of the molecule is O=C(CC(F)(F)F)N1CCN(CC[S@@](=O)c2ccccc2)CC1. The second-order valence-electron chi connectivity index (χ2n) is 5.38. The van der Waals surface area contributed by atoms with Crippen LogP contribution in [0.1, 0.15) is 6.42 Å². The summed E-state index contributed by atoms with van der Waals surface area (Å²) in [5.74, 6) is -0.398. The van der Waals surface area contributed by atoms with Gasteiger partial charge in [-0.2, -0.15) is 13.2 Å². The summed E-state index contributed by atoms with van der Waals surface area (Å²) in [5.41, 5.74) is 0. The number of benzene rings is 1. The van der Waals surface area contributed by atoms with Gasteiger partial charge in [0.15, 0.2) is 0 Å². The van der Waals surface area contributed by atoms with Crippen LogP contribution >= 0.6 is 0 Å². The van der Waals surface area contributed by atoms with Crippen LogP contribution in [-0.2, 0) is 15.6 Å². The van der Waals surface area contributed by atoms with Gasteiger partial charge in [0.1, 0.15) is 6.42 Å². The van der Waals surface area contributed by atoms with Crippen LogP contribution in [0.2, 0.25) is 0 Å². The van der Waals surface area contributed by atoms with Crippen molar-refractivity contribution < 1.29 is 22.2 Å². The molecule has 0 unspecified atom stereocenters. The van der Waals surface area contributed by atoms with Gasteiger partial charge in [0.2, 0.25) is 5.91 Å². The Bertz CT molecular complexity index is 543. The minimum atomic E-state index is -4.46. The number of carbonyl (C=O) groups excluding carboxylic acids is 1. The monoisotopic (exact) mass is 348 g/mol. The average Bonchev–Trinajstić information content (AvgIpc) is 2.52. The summed E-state index contributed by atoms with van der Waals surface area (Å²) in [5, 5.41) is 0. The summed E-state index contributed by atoms with van der Waals surface area (Å²) in [4.78, 5) is 15.6. The Morgan fingerprint density at radius 2 is 1.70 bits per heavy atom. The third kappa shape index (κ3) is 5.95. The quantitative estimate of drug-likeness (QED) is 0.816. The number of alkyl halides is 3. The van der Waals surface area contributed by atoms with E-state index in [0.717, 1.165) is 4.90 Å². The first-order chi connectivity index (χ1) is 10.8. The number of halogens is 3. The maximum absolute atomic E-state index is 12.2. The molecular formula is C15H19F3N2O2S. The fourth-order valence-electron chi connectivity index (χ4n) is 2.41. The number of piperazine rings is 1. The molecule has 0 radical (unpaired) electrons. The number of nitrogens with zero attached hydrogens (tertiary/aromatic N) is 2. The molecule has 0 spiro atoms. The molecule has 1 aliphatic rings. The van der Waals surface area contributed by atoms with Gasteiger partial charge in [0.05, 0.1) is 10.8 Å². The molecule has 1 saturated heterocycles. The number of hydrogen-bond acceptors (Lipinski definition) is 3. The van der Waals surface area contributed by atoms with Gasteiger partial charge in [0.25, 0.3) is 0 Å². The van der Waals surface area contributed by atoms with E-state index in [0.29, 0.717) is 25.4 Å². The molecular weight excluding hydrogens is 329 g/mol. The molecule has 1 amide bonds. The van der Waals surface area contributed by atoms with Gasteiger partial charge >= 0.3 is 6.18 Å². The van der Waals surface area contributed by atoms with Crippen molar-refractivity contribution in [3.05, 3.63) is 30.3 Å². The second-order valence-corrected chi connectivity index (χ2v) is 6.95. The number of rotatable bonds is 5. The van der Waals surface area contributed by atoms with E-state index in [9.17, 15) is 22.2 Å². The van der Waals surface area contributed by atoms with E-state index < -0.39 is 29.3 Å². The summed E-state index contributed by atoms with van der Waals surface area (Å²) in [7, 11) is -1.09. The minimum absolute atomic E-state index is 0.285. The zero-order valence-corrected chi connectivity index (χ0v) is 13.4. The molecule has 1 aromatic rings. The molecule has 0 aliphatic carbocycles. The van der Waals surface area contributed by atoms with Gasteiger partial charge in [-0.15, -0.1) is 0 Å². The molecule has 2 rings (SSSR count). The number of hydrogen-bond donors (Lipinski definition) is 0. The van der Waals surface area contributed by atoms with Crippen molar-refractivity contribution in [1.82, 2.24) is 9.80 Å². The van der Waals surface area contributed by atoms with Gasteiger partial charge in [-0.3, -0.25) is 13.9 Å². The van der Waals surface area contributed by atoms with E-state index in [1.165, 1.54) is 4.90 Å². The molecule has 1 atom stereocenters. The zero-order chi connectivity index (χ0) is 16.9. The molecule has 0 N–H and O–H groups in total. The number of amides is 1. The molecule has 1 fully saturated rings. The summed E-state index contributed by atoms with van der Waals surface area (Å²) >= 11 is 0. The molecule has 1 heterocycles. The summed E-state index contributed by atoms with van der Waals surface area (Å²) in [6.45, 7) is 2.19. The Labute approximate surface area is 135 Å². The molecule has 0 saturated carbocycles. The van der Waals surface area contributed by atoms with E-state index in [1.54, 1.807) is 0 Å². The molecule has 0 aromatic heterocycles. The molecule has 8 heteroatoms. The largest absolute Gasteiger partial charge is 0.397 e. The lowest BCUT2D eigenvalue weighted by Gasteiger charge is -2.34. The highest BCUT2D eigenvalue weighted by Gasteiger charge is 2.34. The van der Waals surface area contributed by atoms with Crippen molar-refractivity contribution in [1.29, 1.82) is 0 Å². The normalized spacial score (nSPS) is 18.0. The van der Waals surface area contributed by atoms with Crippen molar-refractivity contribution in [2.24, 2.45) is 0 Å². The Morgan fingerprint density at radius 1 is 1.09 bits per heavy atom. The first-order valence-electron chi connectivity index (χ1n) is 7.35. The lowest BCUT2D eigenvalue weighted by atomic mass is 10.2. The van der Waals surface area contributed by atoms with Crippen molar-refractivity contribution in [3.8, 4) is 0 Å². The first kappa shape index (κ1) is 17.9. The van der Waals surface area contributed by atoms with Crippen LogP contribution in [0.15, 0.2) is 35.2 Å². The summed E-state index contributed by atoms with van der Waals surface area (Å²) < 4.78 is 48.8. The Kier molecular flexibility index (Phi) is 6.17. The molecule has 1 aliphatic heterocycles. The fourth-order valence-corrected chi connectivity index (χ4v) is 3.53. The molecule has 23 heavy (non-hydrogen) atoms. The highest BCUT2D eigenvalue weighted by Crippen LogP contribution is 2.21. The summed E-state index contributed by atoms with van der Waals surface area (Å²) in [6.07, 6.45) is -5.86. The van der Waals surface area contributed by atoms with Crippen molar-refractivity contribution >= 4 is 16.7 Å². The highest BCUT2D eigenvalue weighted by molar-refractivity contribution is 7.85. The Hall–Kier alpha value is -1.41. The molecule has 1 aromatic carbocycles. The smallest absolute Gasteiger partial charge is 0.340 e. The third-order valence-electron chi connectivity index (χ3n) is 3.68. The van der Waals surface area contributed by atoms with Gasteiger partial charge in [-0.1, -0.05) is 18.2 Å². The van der Waals surface area contributed by atoms with Crippen molar-refractivity contribution in [2.75, 3.05) is 38.5 Å². The summed E-state index contributed by atoms with van der Waals surface area (Å²) in [6, 6.07) is 9.14. The zero-order valence-electron chi connectivity index (χ0n) is 12.6. The van der Waals surface area contributed by atoms with E-state index in [2.05, 4.69) is 0 Å². The van der Waals surface area contributed by atoms with Crippen molar-refractivity contribution in [3.63, 3.8) is 0 Å².